The standard InChI is InChI=1S/C9H5BrClF3O/c10-7-2-1-5(8(15)4-11)3-6(7)9(12,13)14/h1-3H,4H2. The molecule has 0 heterocycles. The van der Waals surface area contributed by atoms with Crippen molar-refractivity contribution in [2.75, 3.05) is 5.88 Å². The molecule has 1 rings (SSSR count). The normalized spacial score (nSPS) is 11.5. The van der Waals surface area contributed by atoms with E-state index in [0.29, 0.717) is 0 Å². The van der Waals surface area contributed by atoms with Gasteiger partial charge < -0.3 is 0 Å². The Hall–Kier alpha value is -0.550. The van der Waals surface area contributed by atoms with Crippen molar-refractivity contribution in [2.24, 2.45) is 0 Å². The van der Waals surface area contributed by atoms with Gasteiger partial charge in [0.15, 0.2) is 5.78 Å². The van der Waals surface area contributed by atoms with E-state index in [4.69, 9.17) is 11.6 Å². The second-order valence-corrected chi connectivity index (χ2v) is 3.87. The third kappa shape index (κ3) is 2.95. The van der Waals surface area contributed by atoms with E-state index in [1.807, 2.05) is 0 Å². The van der Waals surface area contributed by atoms with Crippen LogP contribution in [0.25, 0.3) is 0 Å². The van der Waals surface area contributed by atoms with E-state index in [1.54, 1.807) is 0 Å². The summed E-state index contributed by atoms with van der Waals surface area (Å²) in [6.45, 7) is 0. The molecule has 6 heteroatoms. The Kier molecular flexibility index (Phi) is 3.78. The molecular formula is C9H5BrClF3O. The first-order valence-corrected chi connectivity index (χ1v) is 5.15. The van der Waals surface area contributed by atoms with Crippen LogP contribution in [0.5, 0.6) is 0 Å². The summed E-state index contributed by atoms with van der Waals surface area (Å²) in [6.07, 6.45) is -4.48. The van der Waals surface area contributed by atoms with Gasteiger partial charge in [-0.2, -0.15) is 13.2 Å². The van der Waals surface area contributed by atoms with Crippen LogP contribution in [0, 0.1) is 0 Å². The van der Waals surface area contributed by atoms with E-state index in [1.165, 1.54) is 12.1 Å². The number of carbonyl (C=O) groups excluding carboxylic acids is 1. The van der Waals surface area contributed by atoms with E-state index in [-0.39, 0.29) is 15.9 Å². The highest BCUT2D eigenvalue weighted by molar-refractivity contribution is 9.10. The number of hydrogen-bond donors (Lipinski definition) is 0. The van der Waals surface area contributed by atoms with Crippen LogP contribution in [0.4, 0.5) is 13.2 Å². The van der Waals surface area contributed by atoms with Gasteiger partial charge in [-0.25, -0.2) is 0 Å². The van der Waals surface area contributed by atoms with Crippen LogP contribution >= 0.6 is 27.5 Å². The van der Waals surface area contributed by atoms with Crippen LogP contribution in [-0.2, 0) is 6.18 Å². The Bertz CT molecular complexity index is 389. The Labute approximate surface area is 97.4 Å². The lowest BCUT2D eigenvalue weighted by Crippen LogP contribution is -2.09. The fourth-order valence-electron chi connectivity index (χ4n) is 0.993. The maximum absolute atomic E-state index is 12.4. The first kappa shape index (κ1) is 12.5. The molecule has 82 valence electrons. The molecule has 0 unspecified atom stereocenters. The average molecular weight is 301 g/mol. The number of ketones is 1. The smallest absolute Gasteiger partial charge is 0.293 e. The largest absolute Gasteiger partial charge is 0.417 e. The summed E-state index contributed by atoms with van der Waals surface area (Å²) < 4.78 is 37.2. The first-order chi connectivity index (χ1) is 6.86. The van der Waals surface area contributed by atoms with E-state index in [2.05, 4.69) is 15.9 Å². The lowest BCUT2D eigenvalue weighted by molar-refractivity contribution is -0.138. The average Bonchev–Trinajstić information content (AvgIpc) is 2.15. The zero-order valence-corrected chi connectivity index (χ0v) is 9.58. The Morgan fingerprint density at radius 2 is 2.00 bits per heavy atom. The highest BCUT2D eigenvalue weighted by atomic mass is 79.9. The molecule has 15 heavy (non-hydrogen) atoms. The quantitative estimate of drug-likeness (QED) is 0.598. The Balaban J connectivity index is 3.23. The van der Waals surface area contributed by atoms with Gasteiger partial charge in [0.25, 0.3) is 0 Å². The lowest BCUT2D eigenvalue weighted by atomic mass is 10.1. The molecule has 1 aromatic carbocycles. The number of hydrogen-bond acceptors (Lipinski definition) is 1. The minimum atomic E-state index is -4.48. The molecule has 0 N–H and O–H groups in total. The number of halogens is 5. The molecule has 0 saturated heterocycles. The summed E-state index contributed by atoms with van der Waals surface area (Å²) in [5, 5.41) is 0. The minimum Gasteiger partial charge on any atom is -0.293 e. The molecule has 1 aromatic rings. The van der Waals surface area contributed by atoms with Crippen LogP contribution in [0.3, 0.4) is 0 Å². The van der Waals surface area contributed by atoms with Crippen molar-refractivity contribution in [3.05, 3.63) is 33.8 Å². The van der Waals surface area contributed by atoms with Crippen molar-refractivity contribution in [1.29, 1.82) is 0 Å². The third-order valence-electron chi connectivity index (χ3n) is 1.72. The fraction of sp³-hybridized carbons (Fsp3) is 0.222. The second-order valence-electron chi connectivity index (χ2n) is 2.75. The van der Waals surface area contributed by atoms with Crippen LogP contribution < -0.4 is 0 Å². The lowest BCUT2D eigenvalue weighted by Gasteiger charge is -2.10. The number of benzene rings is 1. The molecule has 0 aliphatic heterocycles. The molecule has 0 saturated carbocycles. The highest BCUT2D eigenvalue weighted by Gasteiger charge is 2.33. The Morgan fingerprint density at radius 1 is 1.40 bits per heavy atom. The van der Waals surface area contributed by atoms with Gasteiger partial charge in [-0.1, -0.05) is 22.0 Å². The van der Waals surface area contributed by atoms with Gasteiger partial charge in [0.2, 0.25) is 0 Å². The molecule has 0 aromatic heterocycles. The third-order valence-corrected chi connectivity index (χ3v) is 2.65. The maximum Gasteiger partial charge on any atom is 0.417 e. The number of alkyl halides is 4. The molecule has 1 nitrogen and oxygen atoms in total. The molecule has 0 aliphatic rings. The minimum absolute atomic E-state index is 0.0412. The van der Waals surface area contributed by atoms with Crippen molar-refractivity contribution in [2.45, 2.75) is 6.18 Å². The van der Waals surface area contributed by atoms with Crippen molar-refractivity contribution < 1.29 is 18.0 Å². The van der Waals surface area contributed by atoms with Gasteiger partial charge in [0.05, 0.1) is 11.4 Å². The molecule has 0 spiro atoms. The van der Waals surface area contributed by atoms with Crippen molar-refractivity contribution >= 4 is 33.3 Å². The van der Waals surface area contributed by atoms with Crippen LogP contribution in [0.1, 0.15) is 15.9 Å². The van der Waals surface area contributed by atoms with Gasteiger partial charge in [0, 0.05) is 10.0 Å². The number of rotatable bonds is 2. The summed E-state index contributed by atoms with van der Waals surface area (Å²) >= 11 is 8.02. The van der Waals surface area contributed by atoms with Crippen molar-refractivity contribution in [3.8, 4) is 0 Å². The van der Waals surface area contributed by atoms with Gasteiger partial charge in [-0.3, -0.25) is 4.79 Å². The van der Waals surface area contributed by atoms with E-state index in [0.717, 1.165) is 6.07 Å². The molecule has 0 fully saturated rings. The highest BCUT2D eigenvalue weighted by Crippen LogP contribution is 2.35. The monoisotopic (exact) mass is 300 g/mol. The zero-order valence-electron chi connectivity index (χ0n) is 7.24. The van der Waals surface area contributed by atoms with Crippen molar-refractivity contribution in [1.82, 2.24) is 0 Å². The van der Waals surface area contributed by atoms with E-state index < -0.39 is 17.5 Å². The molecule has 0 radical (unpaired) electrons. The predicted octanol–water partition coefficient (Wildman–Crippen LogP) is 3.89. The van der Waals surface area contributed by atoms with Gasteiger partial charge >= 0.3 is 6.18 Å². The Morgan fingerprint density at radius 3 is 2.47 bits per heavy atom. The molecule has 0 aliphatic carbocycles. The zero-order chi connectivity index (χ0) is 11.6. The van der Waals surface area contributed by atoms with E-state index in [9.17, 15) is 18.0 Å². The van der Waals surface area contributed by atoms with Gasteiger partial charge in [-0.15, -0.1) is 11.6 Å². The maximum atomic E-state index is 12.4. The van der Waals surface area contributed by atoms with E-state index >= 15 is 0 Å². The van der Waals surface area contributed by atoms with Crippen LogP contribution in [0.2, 0.25) is 0 Å². The summed E-state index contributed by atoms with van der Waals surface area (Å²) in [6, 6.07) is 3.27. The first-order valence-electron chi connectivity index (χ1n) is 3.82. The molecule has 0 amide bonds. The fourth-order valence-corrected chi connectivity index (χ4v) is 1.62. The summed E-state index contributed by atoms with van der Waals surface area (Å²) in [7, 11) is 0. The summed E-state index contributed by atoms with van der Waals surface area (Å²) in [5.74, 6) is -0.867. The topological polar surface area (TPSA) is 17.1 Å². The van der Waals surface area contributed by atoms with Crippen LogP contribution in [0.15, 0.2) is 22.7 Å². The second kappa shape index (κ2) is 4.53. The summed E-state index contributed by atoms with van der Waals surface area (Å²) in [4.78, 5) is 11.1. The molecular weight excluding hydrogens is 296 g/mol. The molecule has 0 bridgehead atoms. The number of carbonyl (C=O) groups is 1. The van der Waals surface area contributed by atoms with Gasteiger partial charge in [-0.05, 0) is 12.1 Å². The molecule has 0 atom stereocenters. The van der Waals surface area contributed by atoms with Crippen LogP contribution in [-0.4, -0.2) is 11.7 Å². The van der Waals surface area contributed by atoms with Crippen molar-refractivity contribution in [3.63, 3.8) is 0 Å². The number of Topliss-reactive ketones (excluding diaryl/α,β-unsaturated/α-hetero) is 1. The predicted molar refractivity (Wildman–Crippen MR) is 54.2 cm³/mol. The van der Waals surface area contributed by atoms with Gasteiger partial charge in [0.1, 0.15) is 0 Å². The summed E-state index contributed by atoms with van der Waals surface area (Å²) in [5.41, 5.74) is -0.918. The SMILES string of the molecule is O=C(CCl)c1ccc(Br)c(C(F)(F)F)c1.